The van der Waals surface area contributed by atoms with Crippen molar-refractivity contribution in [3.63, 3.8) is 0 Å². The Bertz CT molecular complexity index is 644. The largest absolute Gasteiger partial charge is 0.573 e. The molecule has 0 N–H and O–H groups in total. The highest BCUT2D eigenvalue weighted by Gasteiger charge is 2.30. The standard InChI is InChI=1S/C13H7ClF3NO3/c14-11-6-5-10(7-12(11)18-19)20-8-1-3-9(4-2-8)21-13(15,16)17/h1-7H. The van der Waals surface area contributed by atoms with Crippen LogP contribution >= 0.6 is 11.6 Å². The molecule has 0 saturated carbocycles. The third-order valence-electron chi connectivity index (χ3n) is 2.31. The van der Waals surface area contributed by atoms with Crippen molar-refractivity contribution >= 4 is 17.3 Å². The van der Waals surface area contributed by atoms with E-state index in [1.54, 1.807) is 0 Å². The molecule has 0 atom stereocenters. The average Bonchev–Trinajstić information content (AvgIpc) is 2.41. The van der Waals surface area contributed by atoms with Crippen LogP contribution in [0.2, 0.25) is 5.02 Å². The number of nitroso groups, excluding NO2 is 1. The first-order valence-corrected chi connectivity index (χ1v) is 5.92. The van der Waals surface area contributed by atoms with Crippen molar-refractivity contribution in [1.82, 2.24) is 0 Å². The Balaban J connectivity index is 2.11. The molecule has 0 bridgehead atoms. The van der Waals surface area contributed by atoms with Gasteiger partial charge in [0.25, 0.3) is 0 Å². The molecule has 21 heavy (non-hydrogen) atoms. The maximum absolute atomic E-state index is 12.0. The lowest BCUT2D eigenvalue weighted by atomic mass is 10.3. The highest BCUT2D eigenvalue weighted by molar-refractivity contribution is 6.33. The van der Waals surface area contributed by atoms with Gasteiger partial charge in [0, 0.05) is 6.07 Å². The second-order valence-electron chi connectivity index (χ2n) is 3.83. The molecule has 0 spiro atoms. The molecule has 8 heteroatoms. The summed E-state index contributed by atoms with van der Waals surface area (Å²) >= 11 is 5.71. The molecule has 0 aliphatic heterocycles. The summed E-state index contributed by atoms with van der Waals surface area (Å²) in [6.07, 6.45) is -4.75. The fourth-order valence-corrected chi connectivity index (χ4v) is 1.62. The number of nitrogens with zero attached hydrogens (tertiary/aromatic N) is 1. The molecule has 0 fully saturated rings. The molecular formula is C13H7ClF3NO3. The zero-order chi connectivity index (χ0) is 15.5. The Morgan fingerprint density at radius 3 is 2.10 bits per heavy atom. The van der Waals surface area contributed by atoms with Crippen LogP contribution in [0.15, 0.2) is 47.6 Å². The van der Waals surface area contributed by atoms with E-state index in [9.17, 15) is 18.1 Å². The van der Waals surface area contributed by atoms with Crippen LogP contribution in [0.1, 0.15) is 0 Å². The van der Waals surface area contributed by atoms with Crippen molar-refractivity contribution in [3.8, 4) is 17.2 Å². The van der Waals surface area contributed by atoms with Crippen LogP contribution in [0.5, 0.6) is 17.2 Å². The van der Waals surface area contributed by atoms with Crippen molar-refractivity contribution in [2.24, 2.45) is 5.18 Å². The number of rotatable bonds is 4. The normalized spacial score (nSPS) is 11.0. The molecule has 0 heterocycles. The molecule has 0 aliphatic rings. The summed E-state index contributed by atoms with van der Waals surface area (Å²) in [7, 11) is 0. The van der Waals surface area contributed by atoms with Gasteiger partial charge in [-0.1, -0.05) is 11.6 Å². The molecule has 2 aromatic rings. The second-order valence-corrected chi connectivity index (χ2v) is 4.23. The predicted octanol–water partition coefficient (Wildman–Crippen LogP) is 5.43. The maximum atomic E-state index is 12.0. The minimum atomic E-state index is -4.75. The quantitative estimate of drug-likeness (QED) is 0.706. The van der Waals surface area contributed by atoms with Gasteiger partial charge in [-0.3, -0.25) is 0 Å². The summed E-state index contributed by atoms with van der Waals surface area (Å²) in [6, 6.07) is 9.05. The van der Waals surface area contributed by atoms with E-state index in [1.807, 2.05) is 0 Å². The summed E-state index contributed by atoms with van der Waals surface area (Å²) in [5.74, 6) is 0.184. The van der Waals surface area contributed by atoms with Gasteiger partial charge in [-0.2, -0.15) is 0 Å². The molecule has 0 amide bonds. The topological polar surface area (TPSA) is 47.9 Å². The zero-order valence-corrected chi connectivity index (χ0v) is 11.0. The number of halogens is 4. The molecule has 0 aromatic heterocycles. The van der Waals surface area contributed by atoms with Crippen LogP contribution in [-0.4, -0.2) is 6.36 Å². The third-order valence-corrected chi connectivity index (χ3v) is 2.63. The van der Waals surface area contributed by atoms with E-state index >= 15 is 0 Å². The van der Waals surface area contributed by atoms with Gasteiger partial charge in [0.05, 0.1) is 5.02 Å². The average molecular weight is 318 g/mol. The number of hydrogen-bond donors (Lipinski definition) is 0. The van der Waals surface area contributed by atoms with Crippen LogP contribution in [-0.2, 0) is 0 Å². The molecule has 2 rings (SSSR count). The second kappa shape index (κ2) is 6.01. The van der Waals surface area contributed by atoms with Crippen LogP contribution in [0.25, 0.3) is 0 Å². The van der Waals surface area contributed by atoms with E-state index in [0.717, 1.165) is 12.1 Å². The minimum absolute atomic E-state index is 0.00573. The van der Waals surface area contributed by atoms with Gasteiger partial charge in [-0.05, 0) is 41.6 Å². The van der Waals surface area contributed by atoms with Crippen LogP contribution < -0.4 is 9.47 Å². The van der Waals surface area contributed by atoms with E-state index < -0.39 is 6.36 Å². The Hall–Kier alpha value is -2.28. The van der Waals surface area contributed by atoms with E-state index in [-0.39, 0.29) is 28.0 Å². The fourth-order valence-electron chi connectivity index (χ4n) is 1.47. The summed E-state index contributed by atoms with van der Waals surface area (Å²) in [5.41, 5.74) is 0.00573. The molecule has 2 aromatic carbocycles. The van der Waals surface area contributed by atoms with Gasteiger partial charge in [-0.15, -0.1) is 18.1 Å². The van der Waals surface area contributed by atoms with Gasteiger partial charge >= 0.3 is 6.36 Å². The Kier molecular flexibility index (Phi) is 4.32. The maximum Gasteiger partial charge on any atom is 0.573 e. The number of hydrogen-bond acceptors (Lipinski definition) is 4. The first kappa shape index (κ1) is 15.1. The fraction of sp³-hybridized carbons (Fsp3) is 0.0769. The lowest BCUT2D eigenvalue weighted by Gasteiger charge is -2.10. The summed E-state index contributed by atoms with van der Waals surface area (Å²) in [6.45, 7) is 0. The molecule has 0 aliphatic carbocycles. The Labute approximate surface area is 122 Å². The van der Waals surface area contributed by atoms with Crippen molar-refractivity contribution < 1.29 is 22.6 Å². The van der Waals surface area contributed by atoms with E-state index in [0.29, 0.717) is 0 Å². The molecule has 0 radical (unpaired) electrons. The summed E-state index contributed by atoms with van der Waals surface area (Å²) in [4.78, 5) is 10.5. The number of alkyl halides is 3. The molecule has 110 valence electrons. The smallest absolute Gasteiger partial charge is 0.457 e. The Morgan fingerprint density at radius 1 is 0.952 bits per heavy atom. The summed E-state index contributed by atoms with van der Waals surface area (Å²) < 4.78 is 45.1. The predicted molar refractivity (Wildman–Crippen MR) is 70.1 cm³/mol. The van der Waals surface area contributed by atoms with Gasteiger partial charge in [0.1, 0.15) is 22.9 Å². The lowest BCUT2D eigenvalue weighted by Crippen LogP contribution is -2.16. The molecule has 0 unspecified atom stereocenters. The van der Waals surface area contributed by atoms with Crippen molar-refractivity contribution in [2.75, 3.05) is 0 Å². The number of benzene rings is 2. The molecule has 4 nitrogen and oxygen atoms in total. The van der Waals surface area contributed by atoms with Crippen LogP contribution in [0.3, 0.4) is 0 Å². The van der Waals surface area contributed by atoms with Crippen LogP contribution in [0.4, 0.5) is 18.9 Å². The van der Waals surface area contributed by atoms with Gasteiger partial charge in [-0.25, -0.2) is 0 Å². The first-order chi connectivity index (χ1) is 9.87. The van der Waals surface area contributed by atoms with Crippen molar-refractivity contribution in [3.05, 3.63) is 52.4 Å². The summed E-state index contributed by atoms with van der Waals surface area (Å²) in [5, 5.41) is 2.89. The highest BCUT2D eigenvalue weighted by Crippen LogP contribution is 2.32. The zero-order valence-electron chi connectivity index (χ0n) is 10.2. The molecule has 0 saturated heterocycles. The minimum Gasteiger partial charge on any atom is -0.457 e. The highest BCUT2D eigenvalue weighted by atomic mass is 35.5. The first-order valence-electron chi connectivity index (χ1n) is 5.54. The van der Waals surface area contributed by atoms with Crippen molar-refractivity contribution in [2.45, 2.75) is 6.36 Å². The Morgan fingerprint density at radius 2 is 1.52 bits per heavy atom. The van der Waals surface area contributed by atoms with E-state index in [1.165, 1.54) is 30.3 Å². The monoisotopic (exact) mass is 317 g/mol. The van der Waals surface area contributed by atoms with Gasteiger partial charge in [0.2, 0.25) is 0 Å². The molecular weight excluding hydrogens is 311 g/mol. The van der Waals surface area contributed by atoms with Gasteiger partial charge < -0.3 is 9.47 Å². The van der Waals surface area contributed by atoms with Crippen LogP contribution in [0, 0.1) is 4.91 Å². The van der Waals surface area contributed by atoms with E-state index in [2.05, 4.69) is 9.91 Å². The number of ether oxygens (including phenoxy) is 2. The van der Waals surface area contributed by atoms with Gasteiger partial charge in [0.15, 0.2) is 0 Å². The third kappa shape index (κ3) is 4.35. The van der Waals surface area contributed by atoms with E-state index in [4.69, 9.17) is 16.3 Å². The SMILES string of the molecule is O=Nc1cc(Oc2ccc(OC(F)(F)F)cc2)ccc1Cl. The van der Waals surface area contributed by atoms with Crippen molar-refractivity contribution in [1.29, 1.82) is 0 Å². The lowest BCUT2D eigenvalue weighted by molar-refractivity contribution is -0.274.